The average Bonchev–Trinajstić information content (AvgIpc) is 2.36. The van der Waals surface area contributed by atoms with Crippen LogP contribution in [0.5, 0.6) is 5.75 Å². The van der Waals surface area contributed by atoms with Crippen molar-refractivity contribution in [2.45, 2.75) is 26.1 Å². The topological polar surface area (TPSA) is 55.0 Å². The minimum absolute atomic E-state index is 0.0617. The zero-order valence-corrected chi connectivity index (χ0v) is 11.4. The minimum Gasteiger partial charge on any atom is -0.405 e. The number of benzene rings is 1. The molecule has 0 atom stereocenters. The molecule has 1 N–H and O–H groups in total. The summed E-state index contributed by atoms with van der Waals surface area (Å²) in [5.74, 6) is -0.0505. The summed E-state index contributed by atoms with van der Waals surface area (Å²) in [5, 5.41) is 0. The van der Waals surface area contributed by atoms with Gasteiger partial charge in [0.25, 0.3) is 5.56 Å². The smallest absolute Gasteiger partial charge is 0.405 e. The van der Waals surface area contributed by atoms with E-state index in [1.54, 1.807) is 6.07 Å². The molecule has 0 fully saturated rings. The van der Waals surface area contributed by atoms with Gasteiger partial charge in [-0.05, 0) is 12.1 Å². The van der Waals surface area contributed by atoms with Crippen molar-refractivity contribution >= 4 is 0 Å². The molecule has 0 saturated heterocycles. The second-order valence-electron chi connectivity index (χ2n) is 4.71. The van der Waals surface area contributed by atoms with Crippen LogP contribution in [0, 0.1) is 0 Å². The standard InChI is InChI=1S/C14H13F3N2O2/c1-8(2)13-18-10(7-12(20)19-13)9-5-3-4-6-11(9)21-14(15,16)17/h3-8H,1-2H3,(H,18,19,20). The molecular formula is C14H13F3N2O2. The first kappa shape index (κ1) is 15.1. The number of hydrogen-bond acceptors (Lipinski definition) is 3. The number of H-pyrrole nitrogens is 1. The Bertz CT molecular complexity index is 693. The Balaban J connectivity index is 2.54. The van der Waals surface area contributed by atoms with Crippen molar-refractivity contribution in [3.05, 3.63) is 46.5 Å². The van der Waals surface area contributed by atoms with E-state index in [2.05, 4.69) is 14.7 Å². The largest absolute Gasteiger partial charge is 0.573 e. The summed E-state index contributed by atoms with van der Waals surface area (Å²) in [6, 6.07) is 6.72. The fourth-order valence-electron chi connectivity index (χ4n) is 1.78. The Morgan fingerprint density at radius 1 is 1.24 bits per heavy atom. The zero-order valence-electron chi connectivity index (χ0n) is 11.4. The summed E-state index contributed by atoms with van der Waals surface area (Å²) >= 11 is 0. The molecule has 0 aliphatic carbocycles. The van der Waals surface area contributed by atoms with Crippen molar-refractivity contribution in [1.82, 2.24) is 9.97 Å². The fraction of sp³-hybridized carbons (Fsp3) is 0.286. The summed E-state index contributed by atoms with van der Waals surface area (Å²) < 4.78 is 41.2. The number of aromatic amines is 1. The monoisotopic (exact) mass is 298 g/mol. The molecule has 1 aromatic carbocycles. The lowest BCUT2D eigenvalue weighted by Crippen LogP contribution is -2.18. The van der Waals surface area contributed by atoms with Crippen molar-refractivity contribution in [3.63, 3.8) is 0 Å². The first-order chi connectivity index (χ1) is 9.76. The summed E-state index contributed by atoms with van der Waals surface area (Å²) in [7, 11) is 0. The third-order valence-electron chi connectivity index (χ3n) is 2.70. The molecule has 2 rings (SSSR count). The van der Waals surface area contributed by atoms with E-state index >= 15 is 0 Å². The molecular weight excluding hydrogens is 285 g/mol. The number of ether oxygens (including phenoxy) is 1. The van der Waals surface area contributed by atoms with Gasteiger partial charge >= 0.3 is 6.36 Å². The summed E-state index contributed by atoms with van der Waals surface area (Å²) in [5.41, 5.74) is -0.171. The first-order valence-electron chi connectivity index (χ1n) is 6.22. The Hall–Kier alpha value is -2.31. The van der Waals surface area contributed by atoms with E-state index in [1.807, 2.05) is 13.8 Å². The molecule has 0 spiro atoms. The van der Waals surface area contributed by atoms with Crippen LogP contribution in [0.1, 0.15) is 25.6 Å². The molecule has 0 radical (unpaired) electrons. The highest BCUT2D eigenvalue weighted by molar-refractivity contribution is 5.66. The Morgan fingerprint density at radius 2 is 1.90 bits per heavy atom. The van der Waals surface area contributed by atoms with Crippen LogP contribution < -0.4 is 10.3 Å². The molecule has 7 heteroatoms. The van der Waals surface area contributed by atoms with E-state index in [1.165, 1.54) is 18.2 Å². The molecule has 0 aliphatic rings. The van der Waals surface area contributed by atoms with Crippen LogP contribution in [-0.2, 0) is 0 Å². The predicted octanol–water partition coefficient (Wildman–Crippen LogP) is 3.46. The molecule has 2 aromatic rings. The maximum Gasteiger partial charge on any atom is 0.573 e. The number of aromatic nitrogens is 2. The molecule has 0 aliphatic heterocycles. The normalized spacial score (nSPS) is 11.7. The zero-order chi connectivity index (χ0) is 15.6. The number of para-hydroxylation sites is 1. The van der Waals surface area contributed by atoms with Gasteiger partial charge in [-0.25, -0.2) is 4.98 Å². The molecule has 0 unspecified atom stereocenters. The van der Waals surface area contributed by atoms with Crippen molar-refractivity contribution in [1.29, 1.82) is 0 Å². The van der Waals surface area contributed by atoms with Crippen LogP contribution in [0.4, 0.5) is 13.2 Å². The molecule has 1 heterocycles. The SMILES string of the molecule is CC(C)c1nc(-c2ccccc2OC(F)(F)F)cc(=O)[nH]1. The van der Waals surface area contributed by atoms with Gasteiger partial charge in [0.15, 0.2) is 0 Å². The van der Waals surface area contributed by atoms with Gasteiger partial charge < -0.3 is 9.72 Å². The molecule has 0 amide bonds. The van der Waals surface area contributed by atoms with E-state index in [0.717, 1.165) is 6.07 Å². The van der Waals surface area contributed by atoms with Crippen LogP contribution in [-0.4, -0.2) is 16.3 Å². The molecule has 21 heavy (non-hydrogen) atoms. The number of nitrogens with zero attached hydrogens (tertiary/aromatic N) is 1. The van der Waals surface area contributed by atoms with Crippen molar-refractivity contribution in [2.24, 2.45) is 0 Å². The highest BCUT2D eigenvalue weighted by atomic mass is 19.4. The molecule has 112 valence electrons. The van der Waals surface area contributed by atoms with Gasteiger partial charge in [0.05, 0.1) is 5.69 Å². The van der Waals surface area contributed by atoms with Gasteiger partial charge in [-0.2, -0.15) is 0 Å². The van der Waals surface area contributed by atoms with Crippen LogP contribution in [0.3, 0.4) is 0 Å². The van der Waals surface area contributed by atoms with Crippen LogP contribution >= 0.6 is 0 Å². The number of alkyl halides is 3. The third kappa shape index (κ3) is 3.84. The van der Waals surface area contributed by atoms with Gasteiger partial charge in [-0.1, -0.05) is 26.0 Å². The number of hydrogen-bond donors (Lipinski definition) is 1. The van der Waals surface area contributed by atoms with E-state index in [4.69, 9.17) is 0 Å². The molecule has 0 bridgehead atoms. The second-order valence-corrected chi connectivity index (χ2v) is 4.71. The summed E-state index contributed by atoms with van der Waals surface area (Å²) in [4.78, 5) is 18.4. The van der Waals surface area contributed by atoms with E-state index in [0.29, 0.717) is 5.82 Å². The molecule has 4 nitrogen and oxygen atoms in total. The van der Waals surface area contributed by atoms with Gasteiger partial charge in [0, 0.05) is 17.5 Å². The molecule has 0 saturated carbocycles. The van der Waals surface area contributed by atoms with E-state index < -0.39 is 17.7 Å². The highest BCUT2D eigenvalue weighted by Crippen LogP contribution is 2.32. The van der Waals surface area contributed by atoms with Crippen LogP contribution in [0.15, 0.2) is 35.1 Å². The Labute approximate surface area is 118 Å². The lowest BCUT2D eigenvalue weighted by Gasteiger charge is -2.13. The maximum atomic E-state index is 12.4. The van der Waals surface area contributed by atoms with Crippen LogP contribution in [0.2, 0.25) is 0 Å². The van der Waals surface area contributed by atoms with E-state index in [9.17, 15) is 18.0 Å². The first-order valence-corrected chi connectivity index (χ1v) is 6.22. The average molecular weight is 298 g/mol. The van der Waals surface area contributed by atoms with Crippen molar-refractivity contribution in [2.75, 3.05) is 0 Å². The maximum absolute atomic E-state index is 12.4. The second kappa shape index (κ2) is 5.59. The number of rotatable bonds is 3. The fourth-order valence-corrected chi connectivity index (χ4v) is 1.78. The van der Waals surface area contributed by atoms with Crippen molar-refractivity contribution < 1.29 is 17.9 Å². The van der Waals surface area contributed by atoms with Crippen molar-refractivity contribution in [3.8, 4) is 17.0 Å². The Morgan fingerprint density at radius 3 is 2.52 bits per heavy atom. The lowest BCUT2D eigenvalue weighted by atomic mass is 10.1. The van der Waals surface area contributed by atoms with Gasteiger partial charge in [-0.15, -0.1) is 13.2 Å². The van der Waals surface area contributed by atoms with Gasteiger partial charge in [0.1, 0.15) is 11.6 Å². The quantitative estimate of drug-likeness (QED) is 0.944. The van der Waals surface area contributed by atoms with Gasteiger partial charge in [0.2, 0.25) is 0 Å². The predicted molar refractivity (Wildman–Crippen MR) is 71.1 cm³/mol. The number of halogens is 3. The Kier molecular flexibility index (Phi) is 4.02. The number of nitrogens with one attached hydrogen (secondary N) is 1. The summed E-state index contributed by atoms with van der Waals surface area (Å²) in [6.45, 7) is 3.64. The third-order valence-corrected chi connectivity index (χ3v) is 2.70. The highest BCUT2D eigenvalue weighted by Gasteiger charge is 2.32. The van der Waals surface area contributed by atoms with Crippen LogP contribution in [0.25, 0.3) is 11.3 Å². The van der Waals surface area contributed by atoms with E-state index in [-0.39, 0.29) is 17.2 Å². The molecule has 1 aromatic heterocycles. The lowest BCUT2D eigenvalue weighted by molar-refractivity contribution is -0.274. The van der Waals surface area contributed by atoms with Gasteiger partial charge in [-0.3, -0.25) is 4.79 Å². The summed E-state index contributed by atoms with van der Waals surface area (Å²) in [6.07, 6.45) is -4.81. The minimum atomic E-state index is -4.81.